The molecule has 0 aliphatic carbocycles. The van der Waals surface area contributed by atoms with Gasteiger partial charge >= 0.3 is 15.6 Å². The molecule has 1 aromatic rings. The topological polar surface area (TPSA) is 43.4 Å². The van der Waals surface area contributed by atoms with Crippen LogP contribution < -0.4 is 9.37 Å². The third-order valence-electron chi connectivity index (χ3n) is 2.89. The Bertz CT molecular complexity index is 616. The van der Waals surface area contributed by atoms with Crippen molar-refractivity contribution in [2.75, 3.05) is 0 Å². The highest BCUT2D eigenvalue weighted by Gasteiger charge is 2.49. The maximum atomic E-state index is 12.4. The van der Waals surface area contributed by atoms with E-state index in [2.05, 4.69) is 4.18 Å². The van der Waals surface area contributed by atoms with Crippen molar-refractivity contribution < 1.29 is 25.8 Å². The molecule has 114 valence electrons. The smallest absolute Gasteiger partial charge is 0.376 e. The number of alkyl halides is 3. The zero-order valence-corrected chi connectivity index (χ0v) is 13.7. The molecule has 0 saturated carbocycles. The van der Waals surface area contributed by atoms with E-state index in [9.17, 15) is 21.6 Å². The highest BCUT2D eigenvalue weighted by Crippen LogP contribution is 2.28. The molecule has 3 nitrogen and oxygen atoms in total. The Morgan fingerprint density at radius 1 is 1.05 bits per heavy atom. The first-order chi connectivity index (χ1) is 8.75. The van der Waals surface area contributed by atoms with Crippen LogP contribution in [0.1, 0.15) is 11.1 Å². The number of aryl methyl sites for hydroxylation is 2. The predicted octanol–water partition coefficient (Wildman–Crippen LogP) is 3.08. The highest BCUT2D eigenvalue weighted by molar-refractivity contribution is 7.88. The average Bonchev–Trinajstić information content (AvgIpc) is 2.19. The molecule has 1 rings (SSSR count). The van der Waals surface area contributed by atoms with E-state index < -0.39 is 23.7 Å². The van der Waals surface area contributed by atoms with Crippen LogP contribution in [-0.2, 0) is 10.1 Å². The van der Waals surface area contributed by atoms with Gasteiger partial charge in [-0.05, 0) is 36.2 Å². The van der Waals surface area contributed by atoms with E-state index in [1.165, 1.54) is 6.07 Å². The Balaban J connectivity index is 3.43. The quantitative estimate of drug-likeness (QED) is 0.487. The summed E-state index contributed by atoms with van der Waals surface area (Å²) in [5.74, 6) is -0.218. The molecule has 0 atom stereocenters. The molecule has 0 fully saturated rings. The molecule has 0 saturated heterocycles. The van der Waals surface area contributed by atoms with Crippen LogP contribution in [0.3, 0.4) is 0 Å². The molecule has 0 radical (unpaired) electrons. The lowest BCUT2D eigenvalue weighted by molar-refractivity contribution is -0.0499. The van der Waals surface area contributed by atoms with E-state index in [1.807, 2.05) is 26.6 Å². The van der Waals surface area contributed by atoms with Crippen LogP contribution in [0.4, 0.5) is 13.2 Å². The van der Waals surface area contributed by atoms with Crippen molar-refractivity contribution in [2.45, 2.75) is 39.0 Å². The van der Waals surface area contributed by atoms with Gasteiger partial charge in [0.25, 0.3) is 0 Å². The molecule has 0 aromatic heterocycles. The summed E-state index contributed by atoms with van der Waals surface area (Å²) < 4.78 is 63.9. The Labute approximate surface area is 117 Å². The van der Waals surface area contributed by atoms with Gasteiger partial charge in [-0.2, -0.15) is 21.6 Å². The molecule has 8 heteroatoms. The van der Waals surface area contributed by atoms with Gasteiger partial charge in [0.15, 0.2) is 0 Å². The largest absolute Gasteiger partial charge is 0.534 e. The molecule has 0 aliphatic heterocycles. The van der Waals surface area contributed by atoms with Crippen LogP contribution in [0, 0.1) is 13.8 Å². The molecule has 0 unspecified atom stereocenters. The first-order valence-corrected chi connectivity index (χ1v) is 10.8. The molecule has 20 heavy (non-hydrogen) atoms. The Morgan fingerprint density at radius 2 is 1.50 bits per heavy atom. The summed E-state index contributed by atoms with van der Waals surface area (Å²) in [5.41, 5.74) is -3.86. The van der Waals surface area contributed by atoms with E-state index in [0.717, 1.165) is 5.56 Å². The third kappa shape index (κ3) is 3.54. The van der Waals surface area contributed by atoms with Gasteiger partial charge in [0.1, 0.15) is 5.75 Å². The minimum Gasteiger partial charge on any atom is -0.376 e. The molecule has 0 N–H and O–H groups in total. The van der Waals surface area contributed by atoms with E-state index in [1.54, 1.807) is 13.0 Å². The second kappa shape index (κ2) is 5.07. The van der Waals surface area contributed by atoms with Gasteiger partial charge in [0.2, 0.25) is 0 Å². The summed E-state index contributed by atoms with van der Waals surface area (Å²) in [4.78, 5) is 0. The average molecular weight is 326 g/mol. The van der Waals surface area contributed by atoms with Crippen molar-refractivity contribution >= 4 is 23.4 Å². The zero-order valence-electron chi connectivity index (χ0n) is 11.9. The normalized spacial score (nSPS) is 13.4. The van der Waals surface area contributed by atoms with Crippen LogP contribution in [0.2, 0.25) is 19.6 Å². The van der Waals surface area contributed by atoms with Gasteiger partial charge in [-0.15, -0.1) is 0 Å². The summed E-state index contributed by atoms with van der Waals surface area (Å²) in [5, 5.41) is 0.549. The highest BCUT2D eigenvalue weighted by atomic mass is 32.2. The Kier molecular flexibility index (Phi) is 4.31. The van der Waals surface area contributed by atoms with Gasteiger partial charge in [-0.1, -0.05) is 25.7 Å². The van der Waals surface area contributed by atoms with Crippen molar-refractivity contribution in [3.05, 3.63) is 23.3 Å². The van der Waals surface area contributed by atoms with E-state index in [-0.39, 0.29) is 5.75 Å². The predicted molar refractivity (Wildman–Crippen MR) is 74.5 cm³/mol. The van der Waals surface area contributed by atoms with Crippen LogP contribution in [0.5, 0.6) is 5.75 Å². The van der Waals surface area contributed by atoms with Crippen molar-refractivity contribution in [3.8, 4) is 5.75 Å². The number of hydrogen-bond donors (Lipinski definition) is 0. The Hall–Kier alpha value is -1.02. The fourth-order valence-electron chi connectivity index (χ4n) is 1.61. The molecular weight excluding hydrogens is 309 g/mol. The minimum absolute atomic E-state index is 0.218. The number of rotatable bonds is 3. The second-order valence-electron chi connectivity index (χ2n) is 5.67. The number of halogens is 3. The van der Waals surface area contributed by atoms with Gasteiger partial charge in [0, 0.05) is 0 Å². The van der Waals surface area contributed by atoms with Gasteiger partial charge in [0.05, 0.1) is 8.07 Å². The molecule has 0 spiro atoms. The van der Waals surface area contributed by atoms with Crippen LogP contribution in [0.15, 0.2) is 12.1 Å². The summed E-state index contributed by atoms with van der Waals surface area (Å²) in [7, 11) is -7.69. The number of benzene rings is 1. The summed E-state index contributed by atoms with van der Waals surface area (Å²) in [6, 6.07) is 3.06. The zero-order chi connectivity index (χ0) is 15.9. The maximum absolute atomic E-state index is 12.4. The first kappa shape index (κ1) is 17.0. The first-order valence-electron chi connectivity index (χ1n) is 5.88. The van der Waals surface area contributed by atoms with E-state index in [4.69, 9.17) is 0 Å². The van der Waals surface area contributed by atoms with Crippen molar-refractivity contribution in [1.29, 1.82) is 0 Å². The lowest BCUT2D eigenvalue weighted by Crippen LogP contribution is -2.40. The molecule has 0 amide bonds. The molecular formula is C12H17F3O3SSi. The third-order valence-corrected chi connectivity index (χ3v) is 5.86. The van der Waals surface area contributed by atoms with Crippen LogP contribution in [-0.4, -0.2) is 22.0 Å². The molecule has 1 aromatic carbocycles. The van der Waals surface area contributed by atoms with E-state index >= 15 is 0 Å². The minimum atomic E-state index is -5.64. The fourth-order valence-corrected chi connectivity index (χ4v) is 3.66. The molecule has 0 heterocycles. The standard InChI is InChI=1S/C12H17F3O3SSi/c1-8-6-10(18-19(16,17)12(13,14)15)11(7-9(8)2)20(3,4)5/h6-7H,1-5H3. The molecule has 0 aliphatic rings. The lowest BCUT2D eigenvalue weighted by Gasteiger charge is -2.22. The van der Waals surface area contributed by atoms with Gasteiger partial charge in [-0.25, -0.2) is 0 Å². The Morgan fingerprint density at radius 3 is 1.90 bits per heavy atom. The van der Waals surface area contributed by atoms with Crippen LogP contribution in [0.25, 0.3) is 0 Å². The fraction of sp³-hybridized carbons (Fsp3) is 0.500. The van der Waals surface area contributed by atoms with E-state index in [0.29, 0.717) is 10.8 Å². The van der Waals surface area contributed by atoms with Crippen molar-refractivity contribution in [2.24, 2.45) is 0 Å². The summed E-state index contributed by atoms with van der Waals surface area (Å²) in [6.07, 6.45) is 0. The second-order valence-corrected chi connectivity index (χ2v) is 12.2. The number of hydrogen-bond acceptors (Lipinski definition) is 3. The lowest BCUT2D eigenvalue weighted by atomic mass is 10.1. The molecule has 0 bridgehead atoms. The van der Waals surface area contributed by atoms with Gasteiger partial charge < -0.3 is 4.18 Å². The SMILES string of the molecule is Cc1cc(OS(=O)(=O)C(F)(F)F)c([Si](C)(C)C)cc1C. The summed E-state index contributed by atoms with van der Waals surface area (Å²) in [6.45, 7) is 9.23. The van der Waals surface area contributed by atoms with Gasteiger partial charge in [-0.3, -0.25) is 0 Å². The maximum Gasteiger partial charge on any atom is 0.534 e. The summed E-state index contributed by atoms with van der Waals surface area (Å²) >= 11 is 0. The van der Waals surface area contributed by atoms with Crippen molar-refractivity contribution in [3.63, 3.8) is 0 Å². The van der Waals surface area contributed by atoms with Crippen LogP contribution >= 0.6 is 0 Å². The van der Waals surface area contributed by atoms with Crippen molar-refractivity contribution in [1.82, 2.24) is 0 Å². The monoisotopic (exact) mass is 326 g/mol.